The third kappa shape index (κ3) is 5.31. The molecule has 1 unspecified atom stereocenters. The highest BCUT2D eigenvalue weighted by molar-refractivity contribution is 7.89. The van der Waals surface area contributed by atoms with E-state index in [1.54, 1.807) is 18.2 Å². The molecule has 1 heterocycles. The number of alkyl halides is 3. The van der Waals surface area contributed by atoms with E-state index in [-0.39, 0.29) is 21.3 Å². The molecule has 0 saturated carbocycles. The van der Waals surface area contributed by atoms with Crippen molar-refractivity contribution in [3.8, 4) is 11.1 Å². The molecule has 0 bridgehead atoms. The van der Waals surface area contributed by atoms with Gasteiger partial charge in [0.1, 0.15) is 5.15 Å². The Morgan fingerprint density at radius 2 is 1.90 bits per heavy atom. The second-order valence-electron chi connectivity index (χ2n) is 6.26. The fourth-order valence-electron chi connectivity index (χ4n) is 2.87. The van der Waals surface area contributed by atoms with Gasteiger partial charge >= 0.3 is 6.18 Å². The molecular weight excluding hydrogens is 439 g/mol. The highest BCUT2D eigenvalue weighted by atomic mass is 35.5. The van der Waals surface area contributed by atoms with Crippen molar-refractivity contribution in [3.05, 3.63) is 77.1 Å². The monoisotopic (exact) mass is 453 g/mol. The highest BCUT2D eigenvalue weighted by Gasteiger charge is 2.33. The molecule has 0 saturated heterocycles. The van der Waals surface area contributed by atoms with Crippen LogP contribution in [-0.2, 0) is 28.8 Å². The van der Waals surface area contributed by atoms with Crippen LogP contribution in [0.1, 0.15) is 11.1 Å². The SMILES string of the molecule is N[S+]([O-])c1cc(NC(=O)Cc2ccccc2C(F)(F)F)ccc1-c1ccc(Cl)nc1. The maximum atomic E-state index is 13.1. The van der Waals surface area contributed by atoms with Gasteiger partial charge in [-0.1, -0.05) is 29.8 Å². The van der Waals surface area contributed by atoms with E-state index < -0.39 is 35.4 Å². The Morgan fingerprint density at radius 3 is 2.53 bits per heavy atom. The highest BCUT2D eigenvalue weighted by Crippen LogP contribution is 2.33. The van der Waals surface area contributed by atoms with E-state index in [1.807, 2.05) is 0 Å². The van der Waals surface area contributed by atoms with Crippen molar-refractivity contribution in [2.24, 2.45) is 5.14 Å². The molecule has 0 fully saturated rings. The molecule has 1 atom stereocenters. The number of halogens is 4. The number of amides is 1. The van der Waals surface area contributed by atoms with Crippen molar-refractivity contribution in [2.75, 3.05) is 5.32 Å². The zero-order valence-electron chi connectivity index (χ0n) is 15.2. The van der Waals surface area contributed by atoms with E-state index in [0.717, 1.165) is 6.07 Å². The molecule has 3 aromatic rings. The number of hydrogen-bond donors (Lipinski definition) is 2. The number of aromatic nitrogens is 1. The number of nitrogens with zero attached hydrogens (tertiary/aromatic N) is 1. The molecule has 1 aromatic heterocycles. The fourth-order valence-corrected chi connectivity index (χ4v) is 3.63. The topological polar surface area (TPSA) is 91.1 Å². The molecule has 3 N–H and O–H groups in total. The van der Waals surface area contributed by atoms with Crippen LogP contribution in [0.25, 0.3) is 11.1 Å². The van der Waals surface area contributed by atoms with Crippen molar-refractivity contribution >= 4 is 34.6 Å². The largest absolute Gasteiger partial charge is 0.593 e. The lowest BCUT2D eigenvalue weighted by molar-refractivity contribution is -0.138. The first-order chi connectivity index (χ1) is 14.1. The molecule has 5 nitrogen and oxygen atoms in total. The van der Waals surface area contributed by atoms with Crippen molar-refractivity contribution in [2.45, 2.75) is 17.5 Å². The molecule has 0 aliphatic carbocycles. The number of pyridine rings is 1. The lowest BCUT2D eigenvalue weighted by Gasteiger charge is -2.14. The van der Waals surface area contributed by atoms with Gasteiger partial charge in [-0.25, -0.2) is 4.98 Å². The van der Waals surface area contributed by atoms with Gasteiger partial charge in [-0.05, 0) is 35.9 Å². The van der Waals surface area contributed by atoms with Crippen LogP contribution < -0.4 is 10.5 Å². The van der Waals surface area contributed by atoms with Crippen LogP contribution in [0.5, 0.6) is 0 Å². The number of nitrogens with one attached hydrogen (secondary N) is 1. The van der Waals surface area contributed by atoms with Crippen LogP contribution in [-0.4, -0.2) is 15.4 Å². The Balaban J connectivity index is 1.83. The first kappa shape index (κ1) is 22.1. The van der Waals surface area contributed by atoms with E-state index in [4.69, 9.17) is 16.7 Å². The molecule has 0 spiro atoms. The van der Waals surface area contributed by atoms with Crippen LogP contribution in [0.15, 0.2) is 65.7 Å². The number of carbonyl (C=O) groups excluding carboxylic acids is 1. The van der Waals surface area contributed by atoms with Crippen LogP contribution in [0, 0.1) is 0 Å². The maximum absolute atomic E-state index is 13.1. The minimum absolute atomic E-state index is 0.144. The van der Waals surface area contributed by atoms with Crippen molar-refractivity contribution in [3.63, 3.8) is 0 Å². The van der Waals surface area contributed by atoms with Gasteiger partial charge in [-0.15, -0.1) is 5.14 Å². The number of benzene rings is 2. The van der Waals surface area contributed by atoms with Crippen LogP contribution in [0.4, 0.5) is 18.9 Å². The molecule has 3 rings (SSSR count). The number of nitrogens with two attached hydrogens (primary N) is 1. The number of carbonyl (C=O) groups is 1. The van der Waals surface area contributed by atoms with Gasteiger partial charge < -0.3 is 9.87 Å². The quantitative estimate of drug-likeness (QED) is 0.437. The van der Waals surface area contributed by atoms with E-state index in [0.29, 0.717) is 11.1 Å². The molecule has 0 aliphatic heterocycles. The van der Waals surface area contributed by atoms with E-state index in [1.165, 1.54) is 36.5 Å². The van der Waals surface area contributed by atoms with E-state index in [2.05, 4.69) is 10.3 Å². The van der Waals surface area contributed by atoms with Crippen LogP contribution in [0.2, 0.25) is 5.15 Å². The Bertz CT molecular complexity index is 1060. The second-order valence-corrected chi connectivity index (χ2v) is 7.68. The third-order valence-electron chi connectivity index (χ3n) is 4.19. The first-order valence-corrected chi connectivity index (χ1v) is 10.1. The third-order valence-corrected chi connectivity index (χ3v) is 5.19. The predicted molar refractivity (Wildman–Crippen MR) is 109 cm³/mol. The average Bonchev–Trinajstić information content (AvgIpc) is 2.68. The summed E-state index contributed by atoms with van der Waals surface area (Å²) in [6, 6.07) is 12.6. The normalized spacial score (nSPS) is 12.5. The summed E-state index contributed by atoms with van der Waals surface area (Å²) in [5, 5.41) is 8.37. The molecule has 156 valence electrons. The van der Waals surface area contributed by atoms with Gasteiger partial charge in [0.15, 0.2) is 4.90 Å². The van der Waals surface area contributed by atoms with Crippen LogP contribution in [0.3, 0.4) is 0 Å². The Labute approximate surface area is 178 Å². The van der Waals surface area contributed by atoms with Gasteiger partial charge in [0.2, 0.25) is 5.91 Å². The minimum Gasteiger partial charge on any atom is -0.593 e. The van der Waals surface area contributed by atoms with Crippen molar-refractivity contribution < 1.29 is 22.5 Å². The molecule has 2 aromatic carbocycles. The van der Waals surface area contributed by atoms with E-state index in [9.17, 15) is 22.5 Å². The van der Waals surface area contributed by atoms with Gasteiger partial charge in [0, 0.05) is 29.1 Å². The number of anilines is 1. The average molecular weight is 454 g/mol. The summed E-state index contributed by atoms with van der Waals surface area (Å²) in [6.07, 6.45) is -3.55. The summed E-state index contributed by atoms with van der Waals surface area (Å²) in [5.74, 6) is -0.652. The fraction of sp³-hybridized carbons (Fsp3) is 0.100. The number of hydrogen-bond acceptors (Lipinski definition) is 4. The zero-order chi connectivity index (χ0) is 21.9. The summed E-state index contributed by atoms with van der Waals surface area (Å²) < 4.78 is 51.3. The molecule has 10 heteroatoms. The Hall–Kier alpha value is -2.59. The van der Waals surface area contributed by atoms with Crippen molar-refractivity contribution in [1.29, 1.82) is 0 Å². The lowest BCUT2D eigenvalue weighted by Crippen LogP contribution is -2.19. The summed E-state index contributed by atoms with van der Waals surface area (Å²) >= 11 is 3.89. The summed E-state index contributed by atoms with van der Waals surface area (Å²) in [6.45, 7) is 0. The molecule has 0 aliphatic rings. The second kappa shape index (κ2) is 9.05. The Morgan fingerprint density at radius 1 is 1.17 bits per heavy atom. The number of rotatable bonds is 5. The van der Waals surface area contributed by atoms with Gasteiger partial charge in [-0.3, -0.25) is 4.79 Å². The molecule has 30 heavy (non-hydrogen) atoms. The summed E-state index contributed by atoms with van der Waals surface area (Å²) in [4.78, 5) is 16.5. The summed E-state index contributed by atoms with van der Waals surface area (Å²) in [7, 11) is 0. The smallest absolute Gasteiger partial charge is 0.416 e. The van der Waals surface area contributed by atoms with Gasteiger partial charge in [-0.2, -0.15) is 13.2 Å². The van der Waals surface area contributed by atoms with Gasteiger partial charge in [0.05, 0.1) is 23.3 Å². The zero-order valence-corrected chi connectivity index (χ0v) is 16.8. The van der Waals surface area contributed by atoms with E-state index >= 15 is 0 Å². The summed E-state index contributed by atoms with van der Waals surface area (Å²) in [5.41, 5.74) is 0.387. The Kier molecular flexibility index (Phi) is 6.67. The molecular formula is C20H15ClF3N3O2S. The van der Waals surface area contributed by atoms with Crippen LogP contribution >= 0.6 is 11.6 Å². The maximum Gasteiger partial charge on any atom is 0.416 e. The predicted octanol–water partition coefficient (Wildman–Crippen LogP) is 4.58. The minimum atomic E-state index is -4.56. The van der Waals surface area contributed by atoms with Crippen molar-refractivity contribution in [1.82, 2.24) is 4.98 Å². The molecule has 0 radical (unpaired) electrons. The molecule has 1 amide bonds. The first-order valence-electron chi connectivity index (χ1n) is 8.52. The van der Waals surface area contributed by atoms with Gasteiger partial charge in [0.25, 0.3) is 0 Å². The lowest BCUT2D eigenvalue weighted by atomic mass is 10.0. The standard InChI is InChI=1S/C20H15ClF3N3O2S/c21-18-8-5-13(11-26-18)15-7-6-14(10-17(15)30(25)29)27-19(28)9-12-3-1-2-4-16(12)20(22,23)24/h1-8,10-11H,9,25H2,(H,27,28).